The number of nitrogens with one attached hydrogen (secondary N) is 1. The third-order valence-electron chi connectivity index (χ3n) is 5.42. The van der Waals surface area contributed by atoms with Gasteiger partial charge in [-0.3, -0.25) is 9.20 Å². The third kappa shape index (κ3) is 5.50. The van der Waals surface area contributed by atoms with Crippen LogP contribution < -0.4 is 10.1 Å². The molecule has 0 aliphatic carbocycles. The number of ether oxygens (including phenoxy) is 1. The lowest BCUT2D eigenvalue weighted by molar-refractivity contribution is -0.111. The molecule has 0 unspecified atom stereocenters. The van der Waals surface area contributed by atoms with Crippen LogP contribution in [0.25, 0.3) is 23.0 Å². The molecule has 0 saturated carbocycles. The van der Waals surface area contributed by atoms with E-state index in [0.29, 0.717) is 6.61 Å². The number of hydrogen-bond donors (Lipinski definition) is 1. The van der Waals surface area contributed by atoms with Crippen LogP contribution in [0.5, 0.6) is 5.75 Å². The largest absolute Gasteiger partial charge is 0.494 e. The monoisotopic (exact) mass is 439 g/mol. The summed E-state index contributed by atoms with van der Waals surface area (Å²) in [4.78, 5) is 17.5. The van der Waals surface area contributed by atoms with E-state index in [1.54, 1.807) is 6.08 Å². The first-order chi connectivity index (χ1) is 16.0. The van der Waals surface area contributed by atoms with Crippen LogP contribution in [0.1, 0.15) is 36.6 Å². The Labute approximate surface area is 194 Å². The van der Waals surface area contributed by atoms with Gasteiger partial charge in [-0.05, 0) is 68.3 Å². The zero-order valence-corrected chi connectivity index (χ0v) is 19.3. The molecule has 0 bridgehead atoms. The highest BCUT2D eigenvalue weighted by molar-refractivity contribution is 6.02. The molecule has 5 heteroatoms. The van der Waals surface area contributed by atoms with Gasteiger partial charge in [-0.2, -0.15) is 0 Å². The molecule has 33 heavy (non-hydrogen) atoms. The van der Waals surface area contributed by atoms with E-state index in [-0.39, 0.29) is 5.91 Å². The second-order valence-electron chi connectivity index (χ2n) is 8.19. The van der Waals surface area contributed by atoms with E-state index < -0.39 is 0 Å². The van der Waals surface area contributed by atoms with E-state index in [1.807, 2.05) is 60.0 Å². The maximum atomic E-state index is 12.6. The van der Waals surface area contributed by atoms with Gasteiger partial charge in [0.2, 0.25) is 5.91 Å². The predicted octanol–water partition coefficient (Wildman–Crippen LogP) is 6.45. The third-order valence-corrected chi connectivity index (χ3v) is 5.42. The smallest absolute Gasteiger partial charge is 0.248 e. The molecule has 168 valence electrons. The van der Waals surface area contributed by atoms with Crippen molar-refractivity contribution in [3.05, 3.63) is 89.8 Å². The van der Waals surface area contributed by atoms with Gasteiger partial charge >= 0.3 is 0 Å². The highest BCUT2D eigenvalue weighted by atomic mass is 16.5. The van der Waals surface area contributed by atoms with E-state index in [2.05, 4.69) is 43.4 Å². The fourth-order valence-corrected chi connectivity index (χ4v) is 3.56. The number of nitrogens with zero attached hydrogens (tertiary/aromatic N) is 2. The van der Waals surface area contributed by atoms with Crippen molar-refractivity contribution < 1.29 is 9.53 Å². The molecule has 0 aliphatic heterocycles. The highest BCUT2D eigenvalue weighted by Crippen LogP contribution is 2.26. The van der Waals surface area contributed by atoms with E-state index in [9.17, 15) is 4.79 Å². The first-order valence-electron chi connectivity index (χ1n) is 11.3. The van der Waals surface area contributed by atoms with Gasteiger partial charge in [-0.25, -0.2) is 4.98 Å². The molecule has 5 nitrogen and oxygen atoms in total. The van der Waals surface area contributed by atoms with Crippen molar-refractivity contribution in [1.29, 1.82) is 0 Å². The lowest BCUT2D eigenvalue weighted by Crippen LogP contribution is -2.07. The van der Waals surface area contributed by atoms with Crippen molar-refractivity contribution in [2.24, 2.45) is 0 Å². The van der Waals surface area contributed by atoms with Crippen LogP contribution in [-0.2, 0) is 4.79 Å². The molecule has 2 aromatic heterocycles. The molecule has 0 atom stereocenters. The second kappa shape index (κ2) is 10.2. The van der Waals surface area contributed by atoms with Crippen LogP contribution in [-0.4, -0.2) is 21.9 Å². The van der Waals surface area contributed by atoms with Crippen molar-refractivity contribution in [2.45, 2.75) is 33.6 Å². The lowest BCUT2D eigenvalue weighted by Gasteiger charge is -2.07. The Balaban J connectivity index is 1.55. The Kier molecular flexibility index (Phi) is 6.89. The zero-order valence-electron chi connectivity index (χ0n) is 19.3. The van der Waals surface area contributed by atoms with Gasteiger partial charge in [0.25, 0.3) is 0 Å². The number of fused-ring (bicyclic) bond motifs is 1. The van der Waals surface area contributed by atoms with Crippen LogP contribution in [0.15, 0.2) is 72.9 Å². The van der Waals surface area contributed by atoms with E-state index in [4.69, 9.17) is 9.72 Å². The standard InChI is InChI=1S/C28H29N3O2/c1-4-5-18-33-24-12-10-23(11-13-24)29-27(32)15-14-25-28(22-8-6-20(2)7-9-22)30-26-19-21(3)16-17-31(25)26/h6-17,19H,4-5,18H2,1-3H3,(H,29,32)/b15-14+. The van der Waals surface area contributed by atoms with Crippen LogP contribution in [0.4, 0.5) is 5.69 Å². The summed E-state index contributed by atoms with van der Waals surface area (Å²) in [6, 6.07) is 19.8. The molecular formula is C28H29N3O2. The highest BCUT2D eigenvalue weighted by Gasteiger charge is 2.12. The maximum absolute atomic E-state index is 12.6. The first-order valence-corrected chi connectivity index (χ1v) is 11.3. The average Bonchev–Trinajstić information content (AvgIpc) is 3.17. The minimum Gasteiger partial charge on any atom is -0.494 e. The minimum atomic E-state index is -0.202. The number of rotatable bonds is 8. The van der Waals surface area contributed by atoms with Crippen molar-refractivity contribution in [2.75, 3.05) is 11.9 Å². The maximum Gasteiger partial charge on any atom is 0.248 e. The molecule has 0 aliphatic rings. The normalized spacial score (nSPS) is 11.2. The van der Waals surface area contributed by atoms with Crippen molar-refractivity contribution in [3.8, 4) is 17.0 Å². The fourth-order valence-electron chi connectivity index (χ4n) is 3.56. The van der Waals surface area contributed by atoms with E-state index >= 15 is 0 Å². The van der Waals surface area contributed by atoms with Crippen LogP contribution >= 0.6 is 0 Å². The Hall–Kier alpha value is -3.86. The molecule has 2 aromatic carbocycles. The van der Waals surface area contributed by atoms with Crippen LogP contribution in [0, 0.1) is 13.8 Å². The van der Waals surface area contributed by atoms with Crippen molar-refractivity contribution in [1.82, 2.24) is 9.38 Å². The van der Waals surface area contributed by atoms with Gasteiger partial charge in [0.1, 0.15) is 11.4 Å². The summed E-state index contributed by atoms with van der Waals surface area (Å²) in [5.41, 5.74) is 6.63. The molecule has 0 fully saturated rings. The summed E-state index contributed by atoms with van der Waals surface area (Å²) in [5, 5.41) is 2.91. The average molecular weight is 440 g/mol. The molecule has 4 rings (SSSR count). The number of imidazole rings is 1. The van der Waals surface area contributed by atoms with Gasteiger partial charge in [-0.15, -0.1) is 0 Å². The number of amides is 1. The van der Waals surface area contributed by atoms with E-state index in [0.717, 1.165) is 52.4 Å². The number of aryl methyl sites for hydroxylation is 2. The number of carbonyl (C=O) groups excluding carboxylic acids is 1. The second-order valence-corrected chi connectivity index (χ2v) is 8.19. The van der Waals surface area contributed by atoms with Crippen molar-refractivity contribution in [3.63, 3.8) is 0 Å². The van der Waals surface area contributed by atoms with Crippen LogP contribution in [0.3, 0.4) is 0 Å². The summed E-state index contributed by atoms with van der Waals surface area (Å²) >= 11 is 0. The Morgan fingerprint density at radius 3 is 2.52 bits per heavy atom. The Morgan fingerprint density at radius 2 is 1.79 bits per heavy atom. The fraction of sp³-hybridized carbons (Fsp3) is 0.214. The topological polar surface area (TPSA) is 55.6 Å². The molecule has 4 aromatic rings. The number of pyridine rings is 1. The van der Waals surface area contributed by atoms with E-state index in [1.165, 1.54) is 5.56 Å². The van der Waals surface area contributed by atoms with Gasteiger partial charge in [0.15, 0.2) is 0 Å². The number of aromatic nitrogens is 2. The molecule has 0 saturated heterocycles. The summed E-state index contributed by atoms with van der Waals surface area (Å²) in [6.45, 7) is 6.94. The minimum absolute atomic E-state index is 0.202. The Morgan fingerprint density at radius 1 is 1.03 bits per heavy atom. The lowest BCUT2D eigenvalue weighted by atomic mass is 10.1. The number of carbonyl (C=O) groups is 1. The molecule has 1 amide bonds. The predicted molar refractivity (Wildman–Crippen MR) is 135 cm³/mol. The summed E-state index contributed by atoms with van der Waals surface area (Å²) in [6.07, 6.45) is 7.48. The number of anilines is 1. The molecule has 1 N–H and O–H groups in total. The van der Waals surface area contributed by atoms with Gasteiger partial charge in [0.05, 0.1) is 18.0 Å². The molecule has 0 radical (unpaired) electrons. The molecule has 2 heterocycles. The van der Waals surface area contributed by atoms with Crippen LogP contribution in [0.2, 0.25) is 0 Å². The molecule has 0 spiro atoms. The summed E-state index contributed by atoms with van der Waals surface area (Å²) in [7, 11) is 0. The number of hydrogen-bond acceptors (Lipinski definition) is 3. The SMILES string of the molecule is CCCCOc1ccc(NC(=O)/C=C/c2c(-c3ccc(C)cc3)nc3cc(C)ccn23)cc1. The Bertz CT molecular complexity index is 1270. The number of unbranched alkanes of at least 4 members (excludes halogenated alkanes) is 1. The summed E-state index contributed by atoms with van der Waals surface area (Å²) < 4.78 is 7.69. The molecular weight excluding hydrogens is 410 g/mol. The van der Waals surface area contributed by atoms with Gasteiger partial charge in [-0.1, -0.05) is 43.2 Å². The first kappa shape index (κ1) is 22.3. The zero-order chi connectivity index (χ0) is 23.2. The quantitative estimate of drug-likeness (QED) is 0.254. The summed E-state index contributed by atoms with van der Waals surface area (Å²) in [5.74, 6) is 0.604. The van der Waals surface area contributed by atoms with Gasteiger partial charge < -0.3 is 10.1 Å². The van der Waals surface area contributed by atoms with Gasteiger partial charge in [0, 0.05) is 23.5 Å². The number of benzene rings is 2. The van der Waals surface area contributed by atoms with Crippen molar-refractivity contribution >= 4 is 23.3 Å².